The van der Waals surface area contributed by atoms with Crippen molar-refractivity contribution >= 4 is 15.9 Å². The lowest BCUT2D eigenvalue weighted by atomic mass is 9.98. The van der Waals surface area contributed by atoms with Crippen LogP contribution >= 0.6 is 0 Å². The van der Waals surface area contributed by atoms with E-state index in [1.807, 2.05) is 6.92 Å². The maximum absolute atomic E-state index is 12.8. The Morgan fingerprint density at radius 1 is 0.875 bits per heavy atom. The van der Waals surface area contributed by atoms with Crippen LogP contribution in [0.2, 0.25) is 0 Å². The molecule has 5 nitrogen and oxygen atoms in total. The van der Waals surface area contributed by atoms with E-state index in [2.05, 4.69) is 10.0 Å². The lowest BCUT2D eigenvalue weighted by Crippen LogP contribution is -2.34. The van der Waals surface area contributed by atoms with E-state index in [-0.39, 0.29) is 23.5 Å². The number of benzene rings is 3. The first kappa shape index (κ1) is 23.5. The molecule has 0 fully saturated rings. The molecule has 0 heterocycles. The van der Waals surface area contributed by atoms with Gasteiger partial charge in [0.15, 0.2) is 0 Å². The summed E-state index contributed by atoms with van der Waals surface area (Å²) >= 11 is 0. The summed E-state index contributed by atoms with van der Waals surface area (Å²) in [5.41, 5.74) is 1.36. The summed E-state index contributed by atoms with van der Waals surface area (Å²) in [6, 6.07) is 17.4. The van der Waals surface area contributed by atoms with Crippen molar-refractivity contribution in [1.29, 1.82) is 0 Å². The quantitative estimate of drug-likeness (QED) is 0.512. The van der Waals surface area contributed by atoms with Crippen LogP contribution in [0, 0.1) is 6.92 Å². The van der Waals surface area contributed by atoms with E-state index in [0.29, 0.717) is 11.1 Å². The van der Waals surface area contributed by atoms with E-state index in [1.165, 1.54) is 24.3 Å². The molecule has 0 aromatic heterocycles. The molecule has 0 aliphatic heterocycles. The number of nitrogens with one attached hydrogen (secondary N) is 2. The first-order chi connectivity index (χ1) is 15.1. The molecular weight excluding hydrogens is 441 g/mol. The van der Waals surface area contributed by atoms with Crippen molar-refractivity contribution in [2.24, 2.45) is 0 Å². The van der Waals surface area contributed by atoms with Crippen LogP contribution in [0.5, 0.6) is 0 Å². The summed E-state index contributed by atoms with van der Waals surface area (Å²) < 4.78 is 65.4. The Labute approximate surface area is 184 Å². The number of halogens is 3. The van der Waals surface area contributed by atoms with Crippen LogP contribution < -0.4 is 10.0 Å². The summed E-state index contributed by atoms with van der Waals surface area (Å²) in [6.07, 6.45) is -4.44. The van der Waals surface area contributed by atoms with Gasteiger partial charge in [-0.1, -0.05) is 48.0 Å². The maximum Gasteiger partial charge on any atom is 0.416 e. The number of hydrogen-bond donors (Lipinski definition) is 2. The van der Waals surface area contributed by atoms with Gasteiger partial charge in [-0.3, -0.25) is 4.79 Å². The van der Waals surface area contributed by atoms with Crippen LogP contribution in [-0.4, -0.2) is 27.4 Å². The van der Waals surface area contributed by atoms with E-state index in [9.17, 15) is 26.4 Å². The molecule has 168 valence electrons. The van der Waals surface area contributed by atoms with Gasteiger partial charge in [-0.05, 0) is 48.4 Å². The standard InChI is InChI=1S/C23H21F3N2O3S/c1-16-6-12-19(13-7-16)32(30,31)28-15-14-27-22(29)21-5-3-2-4-20(21)17-8-10-18(11-9-17)23(24,25)26/h2-13,28H,14-15H2,1H3,(H,27,29). The highest BCUT2D eigenvalue weighted by Crippen LogP contribution is 2.31. The molecule has 3 aromatic rings. The molecule has 0 spiro atoms. The average Bonchev–Trinajstić information content (AvgIpc) is 2.76. The van der Waals surface area contributed by atoms with Gasteiger partial charge in [0.25, 0.3) is 5.91 Å². The van der Waals surface area contributed by atoms with Crippen molar-refractivity contribution < 1.29 is 26.4 Å². The highest BCUT2D eigenvalue weighted by molar-refractivity contribution is 7.89. The normalized spacial score (nSPS) is 11.9. The number of aryl methyl sites for hydroxylation is 1. The zero-order valence-corrected chi connectivity index (χ0v) is 17.9. The van der Waals surface area contributed by atoms with Gasteiger partial charge in [0.1, 0.15) is 0 Å². The summed E-state index contributed by atoms with van der Waals surface area (Å²) in [4.78, 5) is 12.8. The minimum Gasteiger partial charge on any atom is -0.351 e. The molecule has 0 radical (unpaired) electrons. The summed E-state index contributed by atoms with van der Waals surface area (Å²) in [6.45, 7) is 1.86. The van der Waals surface area contributed by atoms with Crippen molar-refractivity contribution in [2.45, 2.75) is 18.0 Å². The fraction of sp³-hybridized carbons (Fsp3) is 0.174. The van der Waals surface area contributed by atoms with Crippen molar-refractivity contribution in [1.82, 2.24) is 10.0 Å². The van der Waals surface area contributed by atoms with E-state index >= 15 is 0 Å². The van der Waals surface area contributed by atoms with Crippen molar-refractivity contribution in [3.8, 4) is 11.1 Å². The van der Waals surface area contributed by atoms with E-state index < -0.39 is 27.7 Å². The van der Waals surface area contributed by atoms with Gasteiger partial charge in [-0.25, -0.2) is 13.1 Å². The Morgan fingerprint density at radius 3 is 2.12 bits per heavy atom. The topological polar surface area (TPSA) is 75.3 Å². The summed E-state index contributed by atoms with van der Waals surface area (Å²) in [7, 11) is -3.70. The smallest absolute Gasteiger partial charge is 0.351 e. The lowest BCUT2D eigenvalue weighted by molar-refractivity contribution is -0.137. The number of hydrogen-bond acceptors (Lipinski definition) is 3. The first-order valence-corrected chi connectivity index (χ1v) is 11.2. The minimum absolute atomic E-state index is 0.0234. The van der Waals surface area contributed by atoms with Crippen LogP contribution in [0.25, 0.3) is 11.1 Å². The van der Waals surface area contributed by atoms with Gasteiger partial charge in [0, 0.05) is 18.7 Å². The van der Waals surface area contributed by atoms with E-state index in [4.69, 9.17) is 0 Å². The fourth-order valence-corrected chi connectivity index (χ4v) is 4.06. The minimum atomic E-state index is -4.44. The third-order valence-electron chi connectivity index (χ3n) is 4.73. The van der Waals surface area contributed by atoms with Gasteiger partial charge in [-0.15, -0.1) is 0 Å². The Hall–Kier alpha value is -3.17. The average molecular weight is 462 g/mol. The number of carbonyl (C=O) groups is 1. The van der Waals surface area contributed by atoms with Crippen LogP contribution in [0.1, 0.15) is 21.5 Å². The number of carbonyl (C=O) groups excluding carboxylic acids is 1. The molecule has 3 aromatic carbocycles. The molecule has 0 aliphatic carbocycles. The third-order valence-corrected chi connectivity index (χ3v) is 6.21. The van der Waals surface area contributed by atoms with Crippen LogP contribution in [-0.2, 0) is 16.2 Å². The zero-order chi connectivity index (χ0) is 23.4. The van der Waals surface area contributed by atoms with E-state index in [1.54, 1.807) is 36.4 Å². The number of rotatable bonds is 7. The monoisotopic (exact) mass is 462 g/mol. The number of sulfonamides is 1. The molecule has 0 saturated carbocycles. The van der Waals surface area contributed by atoms with Gasteiger partial charge < -0.3 is 5.32 Å². The Bertz CT molecular complexity index is 1190. The van der Waals surface area contributed by atoms with Crippen LogP contribution in [0.4, 0.5) is 13.2 Å². The SMILES string of the molecule is Cc1ccc(S(=O)(=O)NCCNC(=O)c2ccccc2-c2ccc(C(F)(F)F)cc2)cc1. The molecule has 32 heavy (non-hydrogen) atoms. The van der Waals surface area contributed by atoms with Crippen LogP contribution in [0.3, 0.4) is 0 Å². The van der Waals surface area contributed by atoms with E-state index in [0.717, 1.165) is 17.7 Å². The van der Waals surface area contributed by atoms with Gasteiger partial charge in [0.2, 0.25) is 10.0 Å². The molecule has 0 atom stereocenters. The number of alkyl halides is 3. The fourth-order valence-electron chi connectivity index (χ4n) is 3.03. The Kier molecular flexibility index (Phi) is 7.00. The first-order valence-electron chi connectivity index (χ1n) is 9.69. The molecule has 0 aliphatic rings. The van der Waals surface area contributed by atoms with Crippen LogP contribution in [0.15, 0.2) is 77.7 Å². The second-order valence-corrected chi connectivity index (χ2v) is 8.85. The predicted octanol–water partition coefficient (Wildman–Crippen LogP) is 4.39. The van der Waals surface area contributed by atoms with Crippen molar-refractivity contribution in [3.63, 3.8) is 0 Å². The summed E-state index contributed by atoms with van der Waals surface area (Å²) in [5.74, 6) is -0.463. The third kappa shape index (κ3) is 5.74. The molecule has 3 rings (SSSR count). The Morgan fingerprint density at radius 2 is 1.50 bits per heavy atom. The molecule has 0 unspecified atom stereocenters. The highest BCUT2D eigenvalue weighted by Gasteiger charge is 2.30. The zero-order valence-electron chi connectivity index (χ0n) is 17.1. The largest absolute Gasteiger partial charge is 0.416 e. The van der Waals surface area contributed by atoms with Gasteiger partial charge >= 0.3 is 6.18 Å². The molecular formula is C23H21F3N2O3S. The highest BCUT2D eigenvalue weighted by atomic mass is 32.2. The molecule has 2 N–H and O–H groups in total. The number of amides is 1. The lowest BCUT2D eigenvalue weighted by Gasteiger charge is -2.12. The molecule has 9 heteroatoms. The predicted molar refractivity (Wildman–Crippen MR) is 116 cm³/mol. The molecule has 0 saturated heterocycles. The molecule has 1 amide bonds. The molecule has 0 bridgehead atoms. The van der Waals surface area contributed by atoms with Gasteiger partial charge in [0.05, 0.1) is 10.5 Å². The van der Waals surface area contributed by atoms with Crippen molar-refractivity contribution in [2.75, 3.05) is 13.1 Å². The maximum atomic E-state index is 12.8. The Balaban J connectivity index is 1.64. The van der Waals surface area contributed by atoms with Crippen molar-refractivity contribution in [3.05, 3.63) is 89.5 Å². The second-order valence-electron chi connectivity index (χ2n) is 7.09. The summed E-state index contributed by atoms with van der Waals surface area (Å²) in [5, 5.41) is 2.63. The van der Waals surface area contributed by atoms with Gasteiger partial charge in [-0.2, -0.15) is 13.2 Å². The second kappa shape index (κ2) is 9.54.